The van der Waals surface area contributed by atoms with Gasteiger partial charge in [-0.2, -0.15) is 0 Å². The molecule has 0 unspecified atom stereocenters. The van der Waals surface area contributed by atoms with Crippen molar-refractivity contribution in [2.45, 2.75) is 44.6 Å². The van der Waals surface area contributed by atoms with Gasteiger partial charge in [-0.1, -0.05) is 25.7 Å². The Morgan fingerprint density at radius 2 is 1.85 bits per heavy atom. The van der Waals surface area contributed by atoms with E-state index in [1.165, 1.54) is 38.5 Å². The highest BCUT2D eigenvalue weighted by atomic mass is 16.1. The van der Waals surface area contributed by atoms with E-state index in [4.69, 9.17) is 0 Å². The summed E-state index contributed by atoms with van der Waals surface area (Å²) < 4.78 is 0. The maximum atomic E-state index is 12.4. The van der Waals surface area contributed by atoms with Crippen LogP contribution < -0.4 is 15.5 Å². The topological polar surface area (TPSA) is 60.5 Å². The number of hydrogen-bond acceptors (Lipinski definition) is 5. The molecule has 2 N–H and O–H groups in total. The molecule has 2 aliphatic rings. The van der Waals surface area contributed by atoms with E-state index in [0.717, 1.165) is 38.5 Å². The van der Waals surface area contributed by atoms with Crippen LogP contribution in [0, 0.1) is 0 Å². The number of carbonyl (C=O) groups is 1. The average Bonchev–Trinajstić information content (AvgIpc) is 2.94. The number of carbonyl (C=O) groups excluding carboxylic acids is 1. The van der Waals surface area contributed by atoms with Crippen molar-refractivity contribution in [3.63, 3.8) is 0 Å². The molecule has 1 amide bonds. The molecule has 0 radical (unpaired) electrons. The Bertz CT molecular complexity index is 563. The van der Waals surface area contributed by atoms with Crippen LogP contribution in [0.1, 0.15) is 48.9 Å². The quantitative estimate of drug-likeness (QED) is 0.600. The number of hydrogen-bond donors (Lipinski definition) is 2. The van der Waals surface area contributed by atoms with Crippen molar-refractivity contribution in [3.05, 3.63) is 23.9 Å². The fourth-order valence-corrected chi connectivity index (χ4v) is 3.81. The zero-order valence-corrected chi connectivity index (χ0v) is 16.0. The minimum Gasteiger partial charge on any atom is -0.354 e. The fraction of sp³-hybridized carbons (Fsp3) is 0.700. The molecule has 1 aromatic heterocycles. The Hall–Kier alpha value is -1.66. The van der Waals surface area contributed by atoms with Crippen molar-refractivity contribution >= 4 is 11.7 Å². The first-order valence-corrected chi connectivity index (χ1v) is 10.1. The third-order valence-corrected chi connectivity index (χ3v) is 5.53. The molecule has 1 saturated carbocycles. The molecular formula is C20H33N5O. The average molecular weight is 360 g/mol. The van der Waals surface area contributed by atoms with Gasteiger partial charge in [-0.25, -0.2) is 4.98 Å². The van der Waals surface area contributed by atoms with E-state index >= 15 is 0 Å². The fourth-order valence-electron chi connectivity index (χ4n) is 3.81. The largest absolute Gasteiger partial charge is 0.354 e. The SMILES string of the molecule is CN1CCN(c2cc(C(=O)NCCNC3CCCCCC3)ccn2)CC1. The third-order valence-electron chi connectivity index (χ3n) is 5.53. The van der Waals surface area contributed by atoms with Crippen LogP contribution in [-0.4, -0.2) is 68.1 Å². The molecule has 26 heavy (non-hydrogen) atoms. The van der Waals surface area contributed by atoms with Gasteiger partial charge >= 0.3 is 0 Å². The molecule has 1 saturated heterocycles. The molecule has 0 aromatic carbocycles. The van der Waals surface area contributed by atoms with Crippen LogP contribution in [0.4, 0.5) is 5.82 Å². The van der Waals surface area contributed by atoms with Crippen molar-refractivity contribution in [3.8, 4) is 0 Å². The first-order chi connectivity index (χ1) is 12.7. The van der Waals surface area contributed by atoms with Gasteiger partial charge in [-0.05, 0) is 32.0 Å². The number of nitrogens with one attached hydrogen (secondary N) is 2. The molecule has 3 rings (SSSR count). The second-order valence-electron chi connectivity index (χ2n) is 7.59. The Balaban J connectivity index is 1.43. The van der Waals surface area contributed by atoms with E-state index in [1.807, 2.05) is 6.07 Å². The van der Waals surface area contributed by atoms with Gasteiger partial charge in [-0.3, -0.25) is 4.79 Å². The van der Waals surface area contributed by atoms with Crippen LogP contribution in [0.25, 0.3) is 0 Å². The van der Waals surface area contributed by atoms with E-state index in [0.29, 0.717) is 18.2 Å². The summed E-state index contributed by atoms with van der Waals surface area (Å²) in [6.07, 6.45) is 9.68. The van der Waals surface area contributed by atoms with Gasteiger partial charge in [0.05, 0.1) is 0 Å². The molecule has 2 heterocycles. The lowest BCUT2D eigenvalue weighted by molar-refractivity contribution is 0.0953. The van der Waals surface area contributed by atoms with E-state index < -0.39 is 0 Å². The normalized spacial score (nSPS) is 20.0. The minimum absolute atomic E-state index is 0.00885. The number of nitrogens with zero attached hydrogens (tertiary/aromatic N) is 3. The summed E-state index contributed by atoms with van der Waals surface area (Å²) >= 11 is 0. The molecule has 0 atom stereocenters. The zero-order chi connectivity index (χ0) is 18.2. The van der Waals surface area contributed by atoms with Crippen molar-refractivity contribution in [2.24, 2.45) is 0 Å². The number of piperazine rings is 1. The third kappa shape index (κ3) is 5.68. The van der Waals surface area contributed by atoms with Crippen LogP contribution in [0.5, 0.6) is 0 Å². The van der Waals surface area contributed by atoms with E-state index in [1.54, 1.807) is 12.3 Å². The lowest BCUT2D eigenvalue weighted by atomic mass is 10.1. The van der Waals surface area contributed by atoms with Gasteiger partial charge in [0.2, 0.25) is 0 Å². The number of aromatic nitrogens is 1. The molecule has 0 bridgehead atoms. The maximum absolute atomic E-state index is 12.4. The monoisotopic (exact) mass is 359 g/mol. The second-order valence-corrected chi connectivity index (χ2v) is 7.59. The summed E-state index contributed by atoms with van der Waals surface area (Å²) in [7, 11) is 2.14. The standard InChI is InChI=1S/C20H33N5O/c1-24-12-14-25(15-13-24)19-16-17(8-9-22-19)20(26)23-11-10-21-18-6-4-2-3-5-7-18/h8-9,16,18,21H,2-7,10-15H2,1H3,(H,23,26). The van der Waals surface area contributed by atoms with E-state index in [9.17, 15) is 4.79 Å². The number of amides is 1. The number of anilines is 1. The van der Waals surface area contributed by atoms with Gasteiger partial charge in [0.15, 0.2) is 0 Å². The number of likely N-dealkylation sites (N-methyl/N-ethyl adjacent to an activating group) is 1. The summed E-state index contributed by atoms with van der Waals surface area (Å²) in [5.74, 6) is 0.896. The van der Waals surface area contributed by atoms with Crippen LogP contribution in [0.3, 0.4) is 0 Å². The van der Waals surface area contributed by atoms with Crippen LogP contribution >= 0.6 is 0 Å². The predicted octanol–water partition coefficient (Wildman–Crippen LogP) is 1.88. The Labute approximate surface area is 157 Å². The summed E-state index contributed by atoms with van der Waals surface area (Å²) in [4.78, 5) is 21.5. The summed E-state index contributed by atoms with van der Waals surface area (Å²) in [5, 5.41) is 6.63. The van der Waals surface area contributed by atoms with E-state index in [2.05, 4.69) is 32.5 Å². The molecule has 0 spiro atoms. The Kier molecular flexibility index (Phi) is 7.26. The highest BCUT2D eigenvalue weighted by Gasteiger charge is 2.17. The van der Waals surface area contributed by atoms with E-state index in [-0.39, 0.29) is 5.91 Å². The predicted molar refractivity (Wildman–Crippen MR) is 106 cm³/mol. The molecule has 144 valence electrons. The minimum atomic E-state index is -0.00885. The zero-order valence-electron chi connectivity index (χ0n) is 16.0. The number of rotatable bonds is 6. The Morgan fingerprint density at radius 1 is 1.12 bits per heavy atom. The molecule has 6 heteroatoms. The number of pyridine rings is 1. The molecule has 1 aromatic rings. The summed E-state index contributed by atoms with van der Waals surface area (Å²) in [6.45, 7) is 5.49. The van der Waals surface area contributed by atoms with Gasteiger partial charge in [0.1, 0.15) is 5.82 Å². The first-order valence-electron chi connectivity index (χ1n) is 10.1. The Morgan fingerprint density at radius 3 is 2.58 bits per heavy atom. The lowest BCUT2D eigenvalue weighted by Gasteiger charge is -2.33. The van der Waals surface area contributed by atoms with Crippen LogP contribution in [-0.2, 0) is 0 Å². The van der Waals surface area contributed by atoms with Crippen molar-refractivity contribution in [1.29, 1.82) is 0 Å². The lowest BCUT2D eigenvalue weighted by Crippen LogP contribution is -2.44. The molecule has 1 aliphatic carbocycles. The molecule has 2 fully saturated rings. The van der Waals surface area contributed by atoms with Crippen molar-refractivity contribution in [1.82, 2.24) is 20.5 Å². The molecule has 1 aliphatic heterocycles. The highest BCUT2D eigenvalue weighted by Crippen LogP contribution is 2.17. The van der Waals surface area contributed by atoms with Crippen LogP contribution in [0.15, 0.2) is 18.3 Å². The molecular weight excluding hydrogens is 326 g/mol. The van der Waals surface area contributed by atoms with Gasteiger partial charge in [0, 0.05) is 57.1 Å². The second kappa shape index (κ2) is 9.88. The maximum Gasteiger partial charge on any atom is 0.251 e. The summed E-state index contributed by atoms with van der Waals surface area (Å²) in [6, 6.07) is 4.34. The smallest absolute Gasteiger partial charge is 0.251 e. The van der Waals surface area contributed by atoms with Gasteiger partial charge < -0.3 is 20.4 Å². The summed E-state index contributed by atoms with van der Waals surface area (Å²) in [5.41, 5.74) is 0.698. The van der Waals surface area contributed by atoms with Crippen molar-refractivity contribution in [2.75, 3.05) is 51.2 Å². The molecule has 6 nitrogen and oxygen atoms in total. The van der Waals surface area contributed by atoms with Crippen LogP contribution in [0.2, 0.25) is 0 Å². The highest BCUT2D eigenvalue weighted by molar-refractivity contribution is 5.94. The first kappa shape index (κ1) is 19.1. The van der Waals surface area contributed by atoms with Gasteiger partial charge in [-0.15, -0.1) is 0 Å². The van der Waals surface area contributed by atoms with Crippen molar-refractivity contribution < 1.29 is 4.79 Å². The van der Waals surface area contributed by atoms with Gasteiger partial charge in [0.25, 0.3) is 5.91 Å².